The van der Waals surface area contributed by atoms with E-state index in [0.717, 1.165) is 19.4 Å². The van der Waals surface area contributed by atoms with Crippen LogP contribution in [0, 0.1) is 5.41 Å². The number of hydrogen-bond acceptors (Lipinski definition) is 3. The van der Waals surface area contributed by atoms with Crippen molar-refractivity contribution in [3.8, 4) is 0 Å². The average Bonchev–Trinajstić information content (AvgIpc) is 3.25. The van der Waals surface area contributed by atoms with E-state index in [2.05, 4.69) is 29.2 Å². The first-order valence-corrected chi connectivity index (χ1v) is 7.28. The summed E-state index contributed by atoms with van der Waals surface area (Å²) >= 11 is 0. The van der Waals surface area contributed by atoms with E-state index in [4.69, 9.17) is 5.73 Å². The van der Waals surface area contributed by atoms with Gasteiger partial charge in [-0.1, -0.05) is 12.1 Å². The van der Waals surface area contributed by atoms with Crippen LogP contribution in [0.1, 0.15) is 25.3 Å². The van der Waals surface area contributed by atoms with E-state index in [1.54, 1.807) is 0 Å². The van der Waals surface area contributed by atoms with Crippen molar-refractivity contribution >= 4 is 11.6 Å². The third-order valence-electron chi connectivity index (χ3n) is 4.19. The van der Waals surface area contributed by atoms with Gasteiger partial charge in [-0.25, -0.2) is 0 Å². The highest BCUT2D eigenvalue weighted by Crippen LogP contribution is 2.46. The van der Waals surface area contributed by atoms with Crippen molar-refractivity contribution in [3.63, 3.8) is 0 Å². The first-order chi connectivity index (χ1) is 9.52. The van der Waals surface area contributed by atoms with Gasteiger partial charge in [0.25, 0.3) is 0 Å². The van der Waals surface area contributed by atoms with Crippen molar-refractivity contribution in [1.82, 2.24) is 4.90 Å². The topological polar surface area (TPSA) is 49.6 Å². The average molecular weight is 275 g/mol. The number of carbonyl (C=O) groups is 1. The number of hydrogen-bond donors (Lipinski definition) is 1. The maximum atomic E-state index is 12.5. The zero-order chi connectivity index (χ0) is 14.8. The normalized spacial score (nSPS) is 15.8. The second kappa shape index (κ2) is 5.83. The Morgan fingerprint density at radius 3 is 2.25 bits per heavy atom. The predicted molar refractivity (Wildman–Crippen MR) is 82.6 cm³/mol. The van der Waals surface area contributed by atoms with Crippen molar-refractivity contribution in [1.29, 1.82) is 0 Å². The van der Waals surface area contributed by atoms with Gasteiger partial charge < -0.3 is 15.5 Å². The molecule has 1 aromatic rings. The molecule has 4 heteroatoms. The highest BCUT2D eigenvalue weighted by atomic mass is 16.2. The molecule has 1 fully saturated rings. The molecule has 0 radical (unpaired) electrons. The zero-order valence-electron chi connectivity index (χ0n) is 12.7. The van der Waals surface area contributed by atoms with Gasteiger partial charge in [0.15, 0.2) is 0 Å². The second-order valence-electron chi connectivity index (χ2n) is 5.86. The molecule has 0 aromatic heterocycles. The van der Waals surface area contributed by atoms with Crippen LogP contribution in [-0.2, 0) is 11.3 Å². The summed E-state index contributed by atoms with van der Waals surface area (Å²) in [6.07, 6.45) is 1.89. The number of rotatable bonds is 6. The molecule has 1 amide bonds. The van der Waals surface area contributed by atoms with Crippen LogP contribution in [0.15, 0.2) is 24.3 Å². The molecule has 1 aliphatic rings. The molecule has 110 valence electrons. The molecule has 0 aliphatic heterocycles. The first kappa shape index (κ1) is 14.9. The lowest BCUT2D eigenvalue weighted by atomic mass is 10.1. The second-order valence-corrected chi connectivity index (χ2v) is 5.86. The van der Waals surface area contributed by atoms with Gasteiger partial charge in [0.05, 0.1) is 5.41 Å². The van der Waals surface area contributed by atoms with E-state index in [0.29, 0.717) is 13.1 Å². The molecule has 0 saturated heterocycles. The number of nitrogens with two attached hydrogens (primary N) is 1. The Morgan fingerprint density at radius 1 is 1.25 bits per heavy atom. The van der Waals surface area contributed by atoms with Gasteiger partial charge in [0, 0.05) is 39.4 Å². The van der Waals surface area contributed by atoms with E-state index in [-0.39, 0.29) is 11.3 Å². The van der Waals surface area contributed by atoms with Crippen LogP contribution >= 0.6 is 0 Å². The summed E-state index contributed by atoms with van der Waals surface area (Å²) in [5, 5.41) is 0. The number of nitrogens with zero attached hydrogens (tertiary/aromatic N) is 2. The molecule has 1 aromatic carbocycles. The number of amides is 1. The fraction of sp³-hybridized carbons (Fsp3) is 0.562. The third-order valence-corrected chi connectivity index (χ3v) is 4.19. The van der Waals surface area contributed by atoms with Crippen molar-refractivity contribution in [2.75, 3.05) is 32.1 Å². The highest BCUT2D eigenvalue weighted by molar-refractivity contribution is 5.85. The summed E-state index contributed by atoms with van der Waals surface area (Å²) in [6, 6.07) is 8.35. The van der Waals surface area contributed by atoms with Gasteiger partial charge >= 0.3 is 0 Å². The fourth-order valence-corrected chi connectivity index (χ4v) is 2.44. The van der Waals surface area contributed by atoms with Gasteiger partial charge in [-0.15, -0.1) is 0 Å². The Bertz CT molecular complexity index is 463. The number of carbonyl (C=O) groups excluding carboxylic acids is 1. The largest absolute Gasteiger partial charge is 0.378 e. The van der Waals surface area contributed by atoms with Gasteiger partial charge in [-0.05, 0) is 37.5 Å². The molecule has 0 spiro atoms. The Kier molecular flexibility index (Phi) is 4.33. The summed E-state index contributed by atoms with van der Waals surface area (Å²) in [5.74, 6) is 0.221. The molecule has 2 N–H and O–H groups in total. The molecule has 1 aliphatic carbocycles. The lowest BCUT2D eigenvalue weighted by molar-refractivity contribution is -0.137. The van der Waals surface area contributed by atoms with Crippen LogP contribution in [0.2, 0.25) is 0 Å². The smallest absolute Gasteiger partial charge is 0.230 e. The van der Waals surface area contributed by atoms with Gasteiger partial charge in [-0.2, -0.15) is 0 Å². The van der Waals surface area contributed by atoms with Crippen molar-refractivity contribution in [3.05, 3.63) is 29.8 Å². The van der Waals surface area contributed by atoms with Gasteiger partial charge in [0.2, 0.25) is 5.91 Å². The summed E-state index contributed by atoms with van der Waals surface area (Å²) in [4.78, 5) is 16.5. The van der Waals surface area contributed by atoms with E-state index in [1.807, 2.05) is 25.9 Å². The fourth-order valence-electron chi connectivity index (χ4n) is 2.44. The van der Waals surface area contributed by atoms with Gasteiger partial charge in [0.1, 0.15) is 0 Å². The summed E-state index contributed by atoms with van der Waals surface area (Å²) in [5.41, 5.74) is 7.84. The summed E-state index contributed by atoms with van der Waals surface area (Å²) < 4.78 is 0. The monoisotopic (exact) mass is 275 g/mol. The Balaban J connectivity index is 2.04. The van der Waals surface area contributed by atoms with Crippen LogP contribution in [0.3, 0.4) is 0 Å². The molecule has 2 rings (SSSR count). The SMILES string of the molecule is CCN(Cc1ccc(N(C)C)cc1)C(=O)C1(CN)CC1. The number of benzene rings is 1. The Labute approximate surface area is 121 Å². The minimum atomic E-state index is -0.250. The maximum Gasteiger partial charge on any atom is 0.230 e. The molecule has 20 heavy (non-hydrogen) atoms. The Hall–Kier alpha value is -1.55. The zero-order valence-corrected chi connectivity index (χ0v) is 12.7. The van der Waals surface area contributed by atoms with Crippen LogP contribution < -0.4 is 10.6 Å². The van der Waals surface area contributed by atoms with Crippen molar-refractivity contribution < 1.29 is 4.79 Å². The van der Waals surface area contributed by atoms with Crippen molar-refractivity contribution in [2.45, 2.75) is 26.3 Å². The highest BCUT2D eigenvalue weighted by Gasteiger charge is 2.50. The molecule has 0 atom stereocenters. The molecule has 1 saturated carbocycles. The summed E-state index contributed by atoms with van der Waals surface area (Å²) in [7, 11) is 4.05. The summed E-state index contributed by atoms with van der Waals surface area (Å²) in [6.45, 7) is 3.90. The molecular formula is C16H25N3O. The van der Waals surface area contributed by atoms with Crippen LogP contribution in [0.4, 0.5) is 5.69 Å². The maximum absolute atomic E-state index is 12.5. The van der Waals surface area contributed by atoms with E-state index in [9.17, 15) is 4.79 Å². The minimum Gasteiger partial charge on any atom is -0.378 e. The molecule has 4 nitrogen and oxygen atoms in total. The predicted octanol–water partition coefficient (Wildman–Crippen LogP) is 1.84. The lowest BCUT2D eigenvalue weighted by Crippen LogP contribution is -2.40. The third kappa shape index (κ3) is 2.96. The van der Waals surface area contributed by atoms with E-state index < -0.39 is 0 Å². The molecule has 0 unspecified atom stereocenters. The molecular weight excluding hydrogens is 250 g/mol. The van der Waals surface area contributed by atoms with E-state index in [1.165, 1.54) is 11.3 Å². The van der Waals surface area contributed by atoms with Crippen molar-refractivity contribution in [2.24, 2.45) is 11.1 Å². The van der Waals surface area contributed by atoms with E-state index >= 15 is 0 Å². The Morgan fingerprint density at radius 2 is 1.85 bits per heavy atom. The lowest BCUT2D eigenvalue weighted by Gasteiger charge is -2.26. The molecule has 0 heterocycles. The minimum absolute atomic E-state index is 0.221. The van der Waals surface area contributed by atoms with Crippen LogP contribution in [0.25, 0.3) is 0 Å². The number of anilines is 1. The van der Waals surface area contributed by atoms with Crippen LogP contribution in [-0.4, -0.2) is 38.0 Å². The quantitative estimate of drug-likeness (QED) is 0.862. The van der Waals surface area contributed by atoms with Gasteiger partial charge in [-0.3, -0.25) is 4.79 Å². The van der Waals surface area contributed by atoms with Crippen LogP contribution in [0.5, 0.6) is 0 Å². The standard InChI is InChI=1S/C16H25N3O/c1-4-19(15(20)16(12-17)9-10-16)11-13-5-7-14(8-6-13)18(2)3/h5-8H,4,9-12,17H2,1-3H3. The molecule has 0 bridgehead atoms. The first-order valence-electron chi connectivity index (χ1n) is 7.28.